The monoisotopic (exact) mass is 275 g/mol. The molecule has 0 aliphatic carbocycles. The molecule has 100 valence electrons. The highest BCUT2D eigenvalue weighted by atomic mass is 32.1. The number of hydrogen-bond acceptors (Lipinski definition) is 3. The molecule has 0 radical (unpaired) electrons. The number of benzene rings is 1. The van der Waals surface area contributed by atoms with Crippen LogP contribution in [0.15, 0.2) is 35.7 Å². The Morgan fingerprint density at radius 1 is 1.37 bits per heavy atom. The fourth-order valence-corrected chi connectivity index (χ4v) is 2.94. The van der Waals surface area contributed by atoms with Crippen molar-refractivity contribution in [2.24, 2.45) is 0 Å². The van der Waals surface area contributed by atoms with Crippen molar-refractivity contribution in [2.75, 3.05) is 11.9 Å². The number of rotatable bonds is 4. The Labute approximate surface area is 117 Å². The van der Waals surface area contributed by atoms with Crippen LogP contribution in [0.4, 0.5) is 5.69 Å². The van der Waals surface area contributed by atoms with E-state index >= 15 is 0 Å². The zero-order valence-corrected chi connectivity index (χ0v) is 12.1. The minimum absolute atomic E-state index is 0.273. The molecule has 1 aromatic heterocycles. The second-order valence-electron chi connectivity index (χ2n) is 4.61. The van der Waals surface area contributed by atoms with Crippen molar-refractivity contribution in [3.8, 4) is 0 Å². The highest BCUT2D eigenvalue weighted by molar-refractivity contribution is 7.10. The minimum atomic E-state index is -0.886. The summed E-state index contributed by atoms with van der Waals surface area (Å²) in [7, 11) is 2.03. The van der Waals surface area contributed by atoms with Crippen molar-refractivity contribution in [1.82, 2.24) is 0 Å². The van der Waals surface area contributed by atoms with E-state index in [0.717, 1.165) is 11.3 Å². The molecule has 2 aromatic rings. The Kier molecular flexibility index (Phi) is 3.90. The van der Waals surface area contributed by atoms with E-state index in [4.69, 9.17) is 5.11 Å². The summed E-state index contributed by atoms with van der Waals surface area (Å²) in [5.74, 6) is -0.886. The predicted octanol–water partition coefficient (Wildman–Crippen LogP) is 3.95. The zero-order valence-electron chi connectivity index (χ0n) is 11.3. The van der Waals surface area contributed by atoms with Gasteiger partial charge in [0.05, 0.1) is 11.6 Å². The summed E-state index contributed by atoms with van der Waals surface area (Å²) in [6.07, 6.45) is 0. The van der Waals surface area contributed by atoms with Crippen LogP contribution in [0.3, 0.4) is 0 Å². The molecule has 2 rings (SSSR count). The first-order chi connectivity index (χ1) is 9.00. The van der Waals surface area contributed by atoms with Crippen LogP contribution in [0.1, 0.15) is 33.8 Å². The smallest absolute Gasteiger partial charge is 0.335 e. The Balaban J connectivity index is 2.29. The number of carboxylic acids is 1. The fourth-order valence-electron chi connectivity index (χ4n) is 2.11. The maximum atomic E-state index is 10.9. The molecular formula is C15H17NO2S. The van der Waals surface area contributed by atoms with Gasteiger partial charge in [-0.3, -0.25) is 0 Å². The number of nitrogens with zero attached hydrogens (tertiary/aromatic N) is 1. The molecule has 1 atom stereocenters. The first kappa shape index (κ1) is 13.6. The van der Waals surface area contributed by atoms with Crippen LogP contribution < -0.4 is 4.90 Å². The normalized spacial score (nSPS) is 12.2. The molecule has 1 N–H and O–H groups in total. The lowest BCUT2D eigenvalue weighted by molar-refractivity contribution is 0.0697. The molecule has 4 heteroatoms. The van der Waals surface area contributed by atoms with Crippen LogP contribution in [0, 0.1) is 6.92 Å². The quantitative estimate of drug-likeness (QED) is 0.918. The van der Waals surface area contributed by atoms with Gasteiger partial charge < -0.3 is 10.0 Å². The van der Waals surface area contributed by atoms with Gasteiger partial charge in [-0.1, -0.05) is 6.07 Å². The number of anilines is 1. The summed E-state index contributed by atoms with van der Waals surface area (Å²) < 4.78 is 0. The summed E-state index contributed by atoms with van der Waals surface area (Å²) in [6.45, 7) is 4.09. The highest BCUT2D eigenvalue weighted by Crippen LogP contribution is 2.30. The maximum absolute atomic E-state index is 10.9. The lowest BCUT2D eigenvalue weighted by Gasteiger charge is -2.28. The largest absolute Gasteiger partial charge is 0.478 e. The van der Waals surface area contributed by atoms with Gasteiger partial charge in [0.1, 0.15) is 0 Å². The average molecular weight is 275 g/mol. The third-order valence-corrected chi connectivity index (χ3v) is 4.40. The fraction of sp³-hybridized carbons (Fsp3) is 0.267. The number of aryl methyl sites for hydroxylation is 1. The van der Waals surface area contributed by atoms with Gasteiger partial charge in [0.15, 0.2) is 0 Å². The molecule has 1 unspecified atom stereocenters. The van der Waals surface area contributed by atoms with E-state index in [9.17, 15) is 4.79 Å². The van der Waals surface area contributed by atoms with Gasteiger partial charge in [0, 0.05) is 17.6 Å². The van der Waals surface area contributed by atoms with Crippen LogP contribution in [0.25, 0.3) is 0 Å². The topological polar surface area (TPSA) is 40.5 Å². The van der Waals surface area contributed by atoms with Crippen molar-refractivity contribution >= 4 is 23.0 Å². The van der Waals surface area contributed by atoms with E-state index in [-0.39, 0.29) is 6.04 Å². The second-order valence-corrected chi connectivity index (χ2v) is 5.59. The van der Waals surface area contributed by atoms with Gasteiger partial charge in [-0.2, -0.15) is 0 Å². The van der Waals surface area contributed by atoms with E-state index in [1.54, 1.807) is 23.5 Å². The molecule has 0 bridgehead atoms. The molecular weight excluding hydrogens is 258 g/mol. The Morgan fingerprint density at radius 3 is 2.63 bits per heavy atom. The van der Waals surface area contributed by atoms with Gasteiger partial charge in [-0.25, -0.2) is 4.79 Å². The number of carbonyl (C=O) groups is 1. The summed E-state index contributed by atoms with van der Waals surface area (Å²) in [4.78, 5) is 14.4. The Hall–Kier alpha value is -1.81. The van der Waals surface area contributed by atoms with Crippen LogP contribution in [-0.2, 0) is 0 Å². The molecule has 0 amide bonds. The van der Waals surface area contributed by atoms with Gasteiger partial charge in [0.25, 0.3) is 0 Å². The first-order valence-electron chi connectivity index (χ1n) is 6.11. The van der Waals surface area contributed by atoms with Gasteiger partial charge >= 0.3 is 5.97 Å². The molecule has 1 heterocycles. The summed E-state index contributed by atoms with van der Waals surface area (Å²) >= 11 is 1.73. The molecule has 0 spiro atoms. The summed E-state index contributed by atoms with van der Waals surface area (Å²) in [5.41, 5.74) is 2.37. The standard InChI is InChI=1S/C15H17NO2S/c1-10-9-12(15(17)18)6-7-13(10)16(3)11(2)14-5-4-8-19-14/h4-9,11H,1-3H3,(H,17,18). The SMILES string of the molecule is Cc1cc(C(=O)O)ccc1N(C)C(C)c1cccs1. The second kappa shape index (κ2) is 5.45. The van der Waals surface area contributed by atoms with E-state index in [0.29, 0.717) is 5.56 Å². The third-order valence-electron chi connectivity index (χ3n) is 3.36. The summed E-state index contributed by atoms with van der Waals surface area (Å²) in [5, 5.41) is 11.1. The van der Waals surface area contributed by atoms with Crippen molar-refractivity contribution in [3.05, 3.63) is 51.7 Å². The molecule has 0 aliphatic heterocycles. The molecule has 3 nitrogen and oxygen atoms in total. The number of thiophene rings is 1. The average Bonchev–Trinajstić information content (AvgIpc) is 2.90. The van der Waals surface area contributed by atoms with Crippen molar-refractivity contribution in [1.29, 1.82) is 0 Å². The minimum Gasteiger partial charge on any atom is -0.478 e. The number of hydrogen-bond donors (Lipinski definition) is 1. The lowest BCUT2D eigenvalue weighted by Crippen LogP contribution is -2.21. The van der Waals surface area contributed by atoms with E-state index in [2.05, 4.69) is 23.3 Å². The maximum Gasteiger partial charge on any atom is 0.335 e. The molecule has 0 saturated heterocycles. The van der Waals surface area contributed by atoms with Crippen LogP contribution in [-0.4, -0.2) is 18.1 Å². The van der Waals surface area contributed by atoms with Crippen molar-refractivity contribution in [2.45, 2.75) is 19.9 Å². The molecule has 0 aliphatic rings. The van der Waals surface area contributed by atoms with Crippen LogP contribution in [0.2, 0.25) is 0 Å². The van der Waals surface area contributed by atoms with E-state index in [1.165, 1.54) is 4.88 Å². The first-order valence-corrected chi connectivity index (χ1v) is 6.99. The summed E-state index contributed by atoms with van der Waals surface area (Å²) in [6, 6.07) is 9.69. The lowest BCUT2D eigenvalue weighted by atomic mass is 10.1. The van der Waals surface area contributed by atoms with Crippen molar-refractivity contribution < 1.29 is 9.90 Å². The predicted molar refractivity (Wildman–Crippen MR) is 79.3 cm³/mol. The number of aromatic carboxylic acids is 1. The highest BCUT2D eigenvalue weighted by Gasteiger charge is 2.15. The van der Waals surface area contributed by atoms with Gasteiger partial charge in [-0.05, 0) is 49.1 Å². The molecule has 0 saturated carbocycles. The number of carboxylic acid groups (broad SMARTS) is 1. The third kappa shape index (κ3) is 2.79. The Morgan fingerprint density at radius 2 is 2.11 bits per heavy atom. The van der Waals surface area contributed by atoms with E-state index < -0.39 is 5.97 Å². The van der Waals surface area contributed by atoms with E-state index in [1.807, 2.05) is 26.1 Å². The molecule has 19 heavy (non-hydrogen) atoms. The van der Waals surface area contributed by atoms with Gasteiger partial charge in [-0.15, -0.1) is 11.3 Å². The molecule has 0 fully saturated rings. The zero-order chi connectivity index (χ0) is 14.0. The Bertz CT molecular complexity index is 578. The van der Waals surface area contributed by atoms with Crippen molar-refractivity contribution in [3.63, 3.8) is 0 Å². The molecule has 1 aromatic carbocycles. The van der Waals surface area contributed by atoms with Crippen LogP contribution in [0.5, 0.6) is 0 Å². The van der Waals surface area contributed by atoms with Crippen LogP contribution >= 0.6 is 11.3 Å². The van der Waals surface area contributed by atoms with Gasteiger partial charge in [0.2, 0.25) is 0 Å².